The van der Waals surface area contributed by atoms with Crippen LogP contribution in [0.1, 0.15) is 63.5 Å². The van der Waals surface area contributed by atoms with Crippen LogP contribution in [0.5, 0.6) is 0 Å². The highest BCUT2D eigenvalue weighted by molar-refractivity contribution is 8.14. The Morgan fingerprint density at radius 2 is 1.65 bits per heavy atom. The highest BCUT2D eigenvalue weighted by atomic mass is 32.2. The fourth-order valence-corrected chi connectivity index (χ4v) is 9.03. The zero-order chi connectivity index (χ0) is 27.0. The van der Waals surface area contributed by atoms with Gasteiger partial charge in [0.15, 0.2) is 0 Å². The third-order valence-electron chi connectivity index (χ3n) is 9.59. The molecule has 1 aromatic rings. The number of fused-ring (bicyclic) bond motifs is 5. The van der Waals surface area contributed by atoms with Gasteiger partial charge in [0.1, 0.15) is 0 Å². The third kappa shape index (κ3) is 4.51. The van der Waals surface area contributed by atoms with Gasteiger partial charge in [-0.05, 0) is 79.9 Å². The van der Waals surface area contributed by atoms with Crippen molar-refractivity contribution in [3.05, 3.63) is 41.5 Å². The molecule has 1 aliphatic heterocycles. The first-order valence-corrected chi connectivity index (χ1v) is 13.5. The fourth-order valence-electron chi connectivity index (χ4n) is 7.84. The van der Waals surface area contributed by atoms with Crippen molar-refractivity contribution in [2.45, 2.75) is 70.0 Å². The lowest BCUT2D eigenvalue weighted by atomic mass is 9.50. The second-order valence-corrected chi connectivity index (χ2v) is 12.8. The first-order valence-electron chi connectivity index (χ1n) is 12.6. The molecule has 202 valence electrons. The molecule has 0 bridgehead atoms. The number of benzene rings is 1. The molecule has 0 spiro atoms. The minimum atomic E-state index is -5.05. The van der Waals surface area contributed by atoms with Crippen molar-refractivity contribution < 1.29 is 35.9 Å². The number of hydrogen-bond acceptors (Lipinski definition) is 3. The smallest absolute Gasteiger partial charge is 0.325 e. The molecule has 3 saturated carbocycles. The van der Waals surface area contributed by atoms with Crippen molar-refractivity contribution in [3.8, 4) is 0 Å². The molecular weight excluding hydrogens is 516 g/mol. The summed E-state index contributed by atoms with van der Waals surface area (Å²) in [6.07, 6.45) is -1.99. The van der Waals surface area contributed by atoms with E-state index in [-0.39, 0.29) is 27.1 Å². The van der Waals surface area contributed by atoms with Crippen LogP contribution in [-0.2, 0) is 21.9 Å². The fraction of sp³-hybridized carbons (Fsp3) is 0.630. The summed E-state index contributed by atoms with van der Waals surface area (Å²) in [5.74, 6) is -0.682. The number of allylic oxidation sites excluding steroid dienone is 1. The van der Waals surface area contributed by atoms with Gasteiger partial charge in [-0.3, -0.25) is 9.59 Å². The second-order valence-electron chi connectivity index (χ2n) is 11.6. The van der Waals surface area contributed by atoms with E-state index in [1.807, 2.05) is 6.08 Å². The van der Waals surface area contributed by atoms with E-state index >= 15 is 0 Å². The van der Waals surface area contributed by atoms with Crippen LogP contribution in [0.2, 0.25) is 0 Å². The molecule has 0 radical (unpaired) electrons. The van der Waals surface area contributed by atoms with Crippen molar-refractivity contribution in [2.24, 2.45) is 34.5 Å². The van der Waals surface area contributed by atoms with Gasteiger partial charge in [0.2, 0.25) is 11.0 Å². The molecule has 0 aromatic heterocycles. The van der Waals surface area contributed by atoms with E-state index in [4.69, 9.17) is 0 Å². The van der Waals surface area contributed by atoms with Crippen molar-refractivity contribution in [2.75, 3.05) is 5.32 Å². The van der Waals surface area contributed by atoms with Crippen molar-refractivity contribution in [3.63, 3.8) is 0 Å². The highest BCUT2D eigenvalue weighted by Gasteiger charge is 2.59. The number of carbonyl (C=O) groups excluding carboxylic acids is 2. The van der Waals surface area contributed by atoms with Gasteiger partial charge in [-0.2, -0.15) is 26.3 Å². The maximum absolute atomic E-state index is 13.6. The molecule has 37 heavy (non-hydrogen) atoms. The summed E-state index contributed by atoms with van der Waals surface area (Å²) in [6.45, 7) is 4.30. The number of rotatable bonds is 2. The molecule has 5 rings (SSSR count). The van der Waals surface area contributed by atoms with Gasteiger partial charge in [-0.15, -0.1) is 0 Å². The average molecular weight is 546 g/mol. The van der Waals surface area contributed by atoms with Crippen molar-refractivity contribution in [1.82, 2.24) is 0 Å². The number of hydrogen-bond donors (Lipinski definition) is 1. The quantitative estimate of drug-likeness (QED) is 0.387. The highest BCUT2D eigenvalue weighted by Crippen LogP contribution is 2.66. The molecule has 4 aliphatic rings. The summed E-state index contributed by atoms with van der Waals surface area (Å²) in [6, 6.07) is 1.82. The molecule has 1 heterocycles. The van der Waals surface area contributed by atoms with E-state index in [0.717, 1.165) is 25.7 Å². The molecule has 3 aliphatic carbocycles. The Kier molecular flexibility index (Phi) is 6.32. The predicted molar refractivity (Wildman–Crippen MR) is 128 cm³/mol. The van der Waals surface area contributed by atoms with Gasteiger partial charge in [-0.25, -0.2) is 0 Å². The van der Waals surface area contributed by atoms with Gasteiger partial charge in [-0.1, -0.05) is 37.8 Å². The first-order chi connectivity index (χ1) is 17.1. The standard InChI is InChI=1S/C27H29F6NO2S/c1-24-10-8-16-15(6-7-20-25(16,2)11-9-21(35)37-20)19(24)12-14(13-24)23(36)34-22-17(26(28,29)30)4-3-5-18(22)27(31,32)33/h3-5,9,11,14-16,19-20H,6-8,10,12-13H2,1-2H3,(H,34,36)/t14-,15+,16-,19-,20?,24+,25+/m0/s1. The Morgan fingerprint density at radius 1 is 1.00 bits per heavy atom. The van der Waals surface area contributed by atoms with Crippen LogP contribution in [-0.4, -0.2) is 16.3 Å². The molecule has 1 N–H and O–H groups in total. The van der Waals surface area contributed by atoms with Gasteiger partial charge in [0.25, 0.3) is 0 Å². The molecule has 7 atom stereocenters. The lowest BCUT2D eigenvalue weighted by molar-refractivity contribution is -0.141. The van der Waals surface area contributed by atoms with Crippen LogP contribution in [0.3, 0.4) is 0 Å². The van der Waals surface area contributed by atoms with Crippen LogP contribution in [0.4, 0.5) is 32.0 Å². The summed E-state index contributed by atoms with van der Waals surface area (Å²) in [4.78, 5) is 25.2. The van der Waals surface area contributed by atoms with Crippen LogP contribution in [0.15, 0.2) is 30.4 Å². The van der Waals surface area contributed by atoms with Gasteiger partial charge in [0.05, 0.1) is 16.8 Å². The summed E-state index contributed by atoms with van der Waals surface area (Å²) in [5, 5.41) is 2.33. The Morgan fingerprint density at radius 3 is 2.27 bits per heavy atom. The SMILES string of the molecule is C[C@]12CC[C@H]3[C@@H](CCC4SC(=O)C=C[C@@]43C)[C@@H]1C[C@H](C(=O)Nc1c(C(F)(F)F)cccc1C(F)(F)F)C2. The van der Waals surface area contributed by atoms with Gasteiger partial charge in [0, 0.05) is 16.6 Å². The second kappa shape index (κ2) is 8.78. The molecule has 10 heteroatoms. The number of amides is 1. The summed E-state index contributed by atoms with van der Waals surface area (Å²) >= 11 is 1.39. The van der Waals surface area contributed by atoms with Crippen LogP contribution >= 0.6 is 11.8 Å². The van der Waals surface area contributed by atoms with E-state index < -0.39 is 41.0 Å². The van der Waals surface area contributed by atoms with Crippen LogP contribution in [0, 0.1) is 34.5 Å². The van der Waals surface area contributed by atoms with Gasteiger partial charge < -0.3 is 5.32 Å². The summed E-state index contributed by atoms with van der Waals surface area (Å²) in [7, 11) is 0. The number of alkyl halides is 6. The number of para-hydroxylation sites is 1. The van der Waals surface area contributed by atoms with Crippen LogP contribution in [0.25, 0.3) is 0 Å². The minimum absolute atomic E-state index is 0.0662. The van der Waals surface area contributed by atoms with Crippen LogP contribution < -0.4 is 5.32 Å². The van der Waals surface area contributed by atoms with E-state index in [1.165, 1.54) is 11.8 Å². The van der Waals surface area contributed by atoms with Crippen molar-refractivity contribution in [1.29, 1.82) is 0 Å². The topological polar surface area (TPSA) is 46.2 Å². The zero-order valence-electron chi connectivity index (χ0n) is 20.5. The molecule has 1 amide bonds. The Balaban J connectivity index is 1.40. The monoisotopic (exact) mass is 545 g/mol. The lowest BCUT2D eigenvalue weighted by Gasteiger charge is -2.57. The van der Waals surface area contributed by atoms with Gasteiger partial charge >= 0.3 is 12.4 Å². The number of nitrogens with one attached hydrogen (secondary N) is 1. The minimum Gasteiger partial charge on any atom is -0.325 e. The normalized spacial score (nSPS) is 37.5. The zero-order valence-corrected chi connectivity index (χ0v) is 21.3. The summed E-state index contributed by atoms with van der Waals surface area (Å²) < 4.78 is 81.5. The average Bonchev–Trinajstić information content (AvgIpc) is 3.16. The molecule has 3 fully saturated rings. The Hall–Kier alpha value is -1.97. The largest absolute Gasteiger partial charge is 0.418 e. The van der Waals surface area contributed by atoms with E-state index in [9.17, 15) is 35.9 Å². The number of halogens is 6. The molecule has 1 unspecified atom stereocenters. The number of carbonyl (C=O) groups is 2. The van der Waals surface area contributed by atoms with E-state index in [1.54, 1.807) is 6.08 Å². The molecule has 3 nitrogen and oxygen atoms in total. The maximum Gasteiger partial charge on any atom is 0.418 e. The number of anilines is 1. The predicted octanol–water partition coefficient (Wildman–Crippen LogP) is 7.72. The maximum atomic E-state index is 13.6. The number of thioether (sulfide) groups is 1. The molecule has 0 saturated heterocycles. The van der Waals surface area contributed by atoms with E-state index in [2.05, 4.69) is 19.2 Å². The van der Waals surface area contributed by atoms with Crippen molar-refractivity contribution >= 4 is 28.5 Å². The lowest BCUT2D eigenvalue weighted by Crippen LogP contribution is -2.52. The summed E-state index contributed by atoms with van der Waals surface area (Å²) in [5.41, 5.74) is -4.56. The molecular formula is C27H29F6NO2S. The first kappa shape index (κ1) is 26.6. The Bertz CT molecular complexity index is 1110. The third-order valence-corrected chi connectivity index (χ3v) is 11.0. The molecule has 1 aromatic carbocycles. The Labute approximate surface area is 215 Å². The van der Waals surface area contributed by atoms with E-state index in [0.29, 0.717) is 42.9 Å².